The van der Waals surface area contributed by atoms with Crippen LogP contribution in [0.2, 0.25) is 5.02 Å². The van der Waals surface area contributed by atoms with Gasteiger partial charge in [0.25, 0.3) is 5.91 Å². The minimum atomic E-state index is -0.184. The fraction of sp³-hybridized carbons (Fsp3) is 0.296. The van der Waals surface area contributed by atoms with E-state index in [0.29, 0.717) is 22.2 Å². The minimum absolute atomic E-state index is 0.0208. The largest absolute Gasteiger partial charge is 0.388 e. The molecule has 178 valence electrons. The molecule has 0 unspecified atom stereocenters. The van der Waals surface area contributed by atoms with Crippen LogP contribution in [-0.4, -0.2) is 39.0 Å². The first kappa shape index (κ1) is 21.9. The zero-order valence-corrected chi connectivity index (χ0v) is 20.2. The third kappa shape index (κ3) is 3.90. The zero-order valence-electron chi connectivity index (χ0n) is 19.5. The van der Waals surface area contributed by atoms with Gasteiger partial charge in [-0.05, 0) is 62.4 Å². The lowest BCUT2D eigenvalue weighted by Crippen LogP contribution is -2.70. The Balaban J connectivity index is 1.19. The number of para-hydroxylation sites is 1. The summed E-state index contributed by atoms with van der Waals surface area (Å²) in [5.74, 6) is 0.548. The van der Waals surface area contributed by atoms with Gasteiger partial charge < -0.3 is 20.9 Å². The SMILES string of the molecule is CNc1ccc(C(=O)NC23CCCC(Nc4ncc(Cl)c(-c5c[nH]c6ccccc56)n4)(C2)C3)cc1. The van der Waals surface area contributed by atoms with E-state index < -0.39 is 0 Å². The molecule has 4 aromatic rings. The highest BCUT2D eigenvalue weighted by molar-refractivity contribution is 6.33. The van der Waals surface area contributed by atoms with Crippen molar-refractivity contribution in [1.82, 2.24) is 20.3 Å². The van der Waals surface area contributed by atoms with E-state index in [4.69, 9.17) is 16.6 Å². The van der Waals surface area contributed by atoms with Gasteiger partial charge in [-0.2, -0.15) is 0 Å². The molecule has 3 aliphatic carbocycles. The van der Waals surface area contributed by atoms with Crippen LogP contribution in [0.25, 0.3) is 22.2 Å². The van der Waals surface area contributed by atoms with Gasteiger partial charge in [0.15, 0.2) is 0 Å². The second-order valence-corrected chi connectivity index (χ2v) is 10.2. The molecular weight excluding hydrogens is 460 g/mol. The number of hydrogen-bond donors (Lipinski definition) is 4. The van der Waals surface area contributed by atoms with Gasteiger partial charge in [-0.1, -0.05) is 29.8 Å². The summed E-state index contributed by atoms with van der Waals surface area (Å²) in [5, 5.41) is 11.6. The molecule has 8 heteroatoms. The number of H-pyrrole nitrogens is 1. The van der Waals surface area contributed by atoms with E-state index in [1.807, 2.05) is 55.7 Å². The number of nitrogens with zero attached hydrogens (tertiary/aromatic N) is 2. The molecular formula is C27H27ClN6O. The summed E-state index contributed by atoms with van der Waals surface area (Å²) < 4.78 is 0. The van der Waals surface area contributed by atoms with Gasteiger partial charge in [0.2, 0.25) is 5.95 Å². The summed E-state index contributed by atoms with van der Waals surface area (Å²) in [5.41, 5.74) is 4.06. The van der Waals surface area contributed by atoms with Crippen LogP contribution in [0.3, 0.4) is 0 Å². The second-order valence-electron chi connectivity index (χ2n) is 9.81. The number of aromatic nitrogens is 3. The number of carbonyl (C=O) groups excluding carboxylic acids is 1. The van der Waals surface area contributed by atoms with E-state index in [-0.39, 0.29) is 17.0 Å². The summed E-state index contributed by atoms with van der Waals surface area (Å²) in [6.45, 7) is 0. The lowest BCUT2D eigenvalue weighted by Gasteiger charge is -2.60. The maximum absolute atomic E-state index is 12.9. The Kier molecular flexibility index (Phi) is 5.18. The summed E-state index contributed by atoms with van der Waals surface area (Å²) in [6, 6.07) is 15.7. The quantitative estimate of drug-likeness (QED) is 0.284. The van der Waals surface area contributed by atoms with E-state index in [9.17, 15) is 4.79 Å². The Morgan fingerprint density at radius 1 is 1.06 bits per heavy atom. The van der Waals surface area contributed by atoms with Crippen molar-refractivity contribution >= 4 is 40.0 Å². The second kappa shape index (κ2) is 8.27. The van der Waals surface area contributed by atoms with Crippen molar-refractivity contribution in [2.75, 3.05) is 17.7 Å². The lowest BCUT2D eigenvalue weighted by atomic mass is 9.54. The number of halogens is 1. The van der Waals surface area contributed by atoms with Crippen LogP contribution in [0.4, 0.5) is 11.6 Å². The molecule has 2 bridgehead atoms. The Labute approximate surface area is 208 Å². The highest BCUT2D eigenvalue weighted by Gasteiger charge is 2.58. The number of benzene rings is 2. The average Bonchev–Trinajstić information content (AvgIpc) is 3.29. The first-order valence-electron chi connectivity index (χ1n) is 12.0. The fourth-order valence-electron chi connectivity index (χ4n) is 5.89. The molecule has 0 atom stereocenters. The number of aromatic amines is 1. The van der Waals surface area contributed by atoms with E-state index in [0.717, 1.165) is 54.3 Å². The monoisotopic (exact) mass is 486 g/mol. The number of anilines is 2. The number of hydrogen-bond acceptors (Lipinski definition) is 5. The van der Waals surface area contributed by atoms with Gasteiger partial charge in [0.1, 0.15) is 0 Å². The molecule has 0 aliphatic heterocycles. The van der Waals surface area contributed by atoms with Crippen molar-refractivity contribution in [2.45, 2.75) is 43.2 Å². The number of amides is 1. The minimum Gasteiger partial charge on any atom is -0.388 e. The fourth-order valence-corrected chi connectivity index (χ4v) is 6.08. The Bertz CT molecular complexity index is 1410. The normalized spacial score (nSPS) is 22.9. The van der Waals surface area contributed by atoms with Crippen molar-refractivity contribution in [3.8, 4) is 11.3 Å². The molecule has 0 spiro atoms. The van der Waals surface area contributed by atoms with Crippen molar-refractivity contribution in [1.29, 1.82) is 0 Å². The van der Waals surface area contributed by atoms with Gasteiger partial charge >= 0.3 is 0 Å². The van der Waals surface area contributed by atoms with Crippen LogP contribution in [0.1, 0.15) is 42.5 Å². The van der Waals surface area contributed by atoms with Crippen molar-refractivity contribution in [2.24, 2.45) is 0 Å². The van der Waals surface area contributed by atoms with Crippen LogP contribution in [0.5, 0.6) is 0 Å². The van der Waals surface area contributed by atoms with Crippen molar-refractivity contribution in [3.05, 3.63) is 71.5 Å². The maximum Gasteiger partial charge on any atom is 0.251 e. The highest BCUT2D eigenvalue weighted by atomic mass is 35.5. The smallest absolute Gasteiger partial charge is 0.251 e. The summed E-state index contributed by atoms with van der Waals surface area (Å²) >= 11 is 6.51. The molecule has 3 saturated carbocycles. The predicted molar refractivity (Wildman–Crippen MR) is 140 cm³/mol. The van der Waals surface area contributed by atoms with E-state index in [2.05, 4.69) is 32.0 Å². The molecule has 2 aromatic heterocycles. The molecule has 7 nitrogen and oxygen atoms in total. The van der Waals surface area contributed by atoms with Gasteiger partial charge in [-0.15, -0.1) is 0 Å². The maximum atomic E-state index is 12.9. The molecule has 35 heavy (non-hydrogen) atoms. The molecule has 2 aromatic carbocycles. The van der Waals surface area contributed by atoms with Crippen molar-refractivity contribution in [3.63, 3.8) is 0 Å². The first-order valence-corrected chi connectivity index (χ1v) is 12.3. The van der Waals surface area contributed by atoms with Crippen LogP contribution >= 0.6 is 11.6 Å². The third-order valence-electron chi connectivity index (χ3n) is 7.44. The van der Waals surface area contributed by atoms with Crippen LogP contribution in [-0.2, 0) is 0 Å². The van der Waals surface area contributed by atoms with Crippen LogP contribution in [0.15, 0.2) is 60.9 Å². The zero-order chi connectivity index (χ0) is 24.0. The third-order valence-corrected chi connectivity index (χ3v) is 7.72. The van der Waals surface area contributed by atoms with Gasteiger partial charge in [-0.25, -0.2) is 9.97 Å². The molecule has 2 heterocycles. The van der Waals surface area contributed by atoms with Gasteiger partial charge in [0, 0.05) is 52.0 Å². The highest BCUT2D eigenvalue weighted by Crippen LogP contribution is 2.53. The Morgan fingerprint density at radius 3 is 2.63 bits per heavy atom. The summed E-state index contributed by atoms with van der Waals surface area (Å²) in [7, 11) is 1.87. The molecule has 3 aliphatic rings. The van der Waals surface area contributed by atoms with Gasteiger partial charge in [-0.3, -0.25) is 4.79 Å². The Hall–Kier alpha value is -3.58. The lowest BCUT2D eigenvalue weighted by molar-refractivity contribution is 0.0272. The number of carbonyl (C=O) groups is 1. The number of fused-ring (bicyclic) bond motifs is 3. The molecule has 4 N–H and O–H groups in total. The van der Waals surface area contributed by atoms with E-state index >= 15 is 0 Å². The molecule has 1 amide bonds. The first-order chi connectivity index (χ1) is 17.0. The molecule has 0 radical (unpaired) electrons. The predicted octanol–water partition coefficient (Wildman–Crippen LogP) is 5.62. The topological polar surface area (TPSA) is 94.7 Å². The standard InChI is InChI=1S/C27H27ClN6O/c1-29-18-9-7-17(8-10-18)24(35)33-26-11-4-12-27(15-26,16-26)34-25-31-14-21(28)23(32-25)20-13-30-22-6-3-2-5-19(20)22/h2-3,5-10,13-14,29-30H,4,11-12,15-16H2,1H3,(H,33,35)(H,31,32,34). The van der Waals surface area contributed by atoms with Gasteiger partial charge in [0.05, 0.1) is 16.9 Å². The molecule has 0 saturated heterocycles. The van der Waals surface area contributed by atoms with Crippen LogP contribution < -0.4 is 16.0 Å². The number of rotatable bonds is 6. The van der Waals surface area contributed by atoms with E-state index in [1.165, 1.54) is 0 Å². The summed E-state index contributed by atoms with van der Waals surface area (Å²) in [6.07, 6.45) is 8.36. The number of nitrogens with one attached hydrogen (secondary N) is 4. The molecule has 3 fully saturated rings. The molecule has 7 rings (SSSR count). The van der Waals surface area contributed by atoms with Crippen molar-refractivity contribution < 1.29 is 4.79 Å². The average molecular weight is 487 g/mol. The summed E-state index contributed by atoms with van der Waals surface area (Å²) in [4.78, 5) is 25.5. The Morgan fingerprint density at radius 2 is 1.83 bits per heavy atom. The van der Waals surface area contributed by atoms with Crippen LogP contribution in [0, 0.1) is 0 Å². The van der Waals surface area contributed by atoms with E-state index in [1.54, 1.807) is 6.20 Å².